The van der Waals surface area contributed by atoms with Gasteiger partial charge in [-0.2, -0.15) is 0 Å². The molecular formula is C49H80O6. The summed E-state index contributed by atoms with van der Waals surface area (Å²) in [5, 5.41) is 0. The molecule has 55 heavy (non-hydrogen) atoms. The number of unbranched alkanes of at least 4 members (excludes halogenated alkanes) is 14. The van der Waals surface area contributed by atoms with Crippen molar-refractivity contribution in [2.45, 2.75) is 194 Å². The van der Waals surface area contributed by atoms with E-state index in [1.807, 2.05) is 6.08 Å². The number of hydrogen-bond acceptors (Lipinski definition) is 6. The Labute approximate surface area is 337 Å². The Morgan fingerprint density at radius 2 is 0.782 bits per heavy atom. The quantitative estimate of drug-likeness (QED) is 0.0270. The van der Waals surface area contributed by atoms with E-state index in [0.717, 1.165) is 70.6 Å². The van der Waals surface area contributed by atoms with E-state index >= 15 is 0 Å². The van der Waals surface area contributed by atoms with Gasteiger partial charge in [-0.15, -0.1) is 0 Å². The average molecular weight is 765 g/mol. The molecule has 0 aliphatic rings. The molecule has 6 heteroatoms. The van der Waals surface area contributed by atoms with E-state index in [2.05, 4.69) is 93.7 Å². The highest BCUT2D eigenvalue weighted by molar-refractivity contribution is 5.72. The summed E-state index contributed by atoms with van der Waals surface area (Å²) in [5.74, 6) is -1.10. The van der Waals surface area contributed by atoms with Crippen LogP contribution in [0.5, 0.6) is 0 Å². The molecular weight excluding hydrogens is 685 g/mol. The van der Waals surface area contributed by atoms with Crippen molar-refractivity contribution in [3.63, 3.8) is 0 Å². The van der Waals surface area contributed by atoms with Crippen molar-refractivity contribution in [2.75, 3.05) is 13.2 Å². The van der Waals surface area contributed by atoms with Crippen LogP contribution in [0, 0.1) is 0 Å². The third-order valence-electron chi connectivity index (χ3n) is 8.90. The summed E-state index contributed by atoms with van der Waals surface area (Å²) >= 11 is 0. The molecule has 0 bridgehead atoms. The smallest absolute Gasteiger partial charge is 0.310 e. The summed E-state index contributed by atoms with van der Waals surface area (Å²) in [6.45, 7) is 6.22. The first-order chi connectivity index (χ1) is 27.0. The number of allylic oxidation sites excluding steroid dienone is 13. The highest BCUT2D eigenvalue weighted by Crippen LogP contribution is 2.13. The van der Waals surface area contributed by atoms with Gasteiger partial charge in [0.05, 0.1) is 6.42 Å². The topological polar surface area (TPSA) is 78.9 Å². The number of hydrogen-bond donors (Lipinski definition) is 0. The highest BCUT2D eigenvalue weighted by atomic mass is 16.6. The van der Waals surface area contributed by atoms with E-state index in [4.69, 9.17) is 14.2 Å². The predicted octanol–water partition coefficient (Wildman–Crippen LogP) is 14.1. The lowest BCUT2D eigenvalue weighted by Gasteiger charge is -2.18. The van der Waals surface area contributed by atoms with E-state index in [1.54, 1.807) is 6.08 Å². The Kier molecular flexibility index (Phi) is 40.6. The summed E-state index contributed by atoms with van der Waals surface area (Å²) in [4.78, 5) is 37.5. The van der Waals surface area contributed by atoms with Gasteiger partial charge < -0.3 is 14.2 Å². The van der Waals surface area contributed by atoms with Crippen molar-refractivity contribution in [2.24, 2.45) is 0 Å². The number of carbonyl (C=O) groups is 3. The summed E-state index contributed by atoms with van der Waals surface area (Å²) in [6, 6.07) is 0. The second-order valence-electron chi connectivity index (χ2n) is 14.2. The molecule has 6 nitrogen and oxygen atoms in total. The van der Waals surface area contributed by atoms with Gasteiger partial charge in [-0.1, -0.05) is 170 Å². The fourth-order valence-corrected chi connectivity index (χ4v) is 5.64. The minimum atomic E-state index is -0.835. The normalized spacial score (nSPS) is 12.9. The van der Waals surface area contributed by atoms with Crippen molar-refractivity contribution in [1.29, 1.82) is 0 Å². The van der Waals surface area contributed by atoms with Crippen molar-refractivity contribution in [3.05, 3.63) is 85.1 Å². The van der Waals surface area contributed by atoms with Crippen LogP contribution in [0.3, 0.4) is 0 Å². The maximum Gasteiger partial charge on any atom is 0.310 e. The first-order valence-electron chi connectivity index (χ1n) is 22.1. The lowest BCUT2D eigenvalue weighted by atomic mass is 10.1. The molecule has 0 amide bonds. The van der Waals surface area contributed by atoms with Gasteiger partial charge in [0.15, 0.2) is 6.10 Å². The molecule has 0 aromatic carbocycles. The van der Waals surface area contributed by atoms with Gasteiger partial charge in [0.25, 0.3) is 0 Å². The number of carbonyl (C=O) groups excluding carboxylic acids is 3. The van der Waals surface area contributed by atoms with Crippen molar-refractivity contribution >= 4 is 17.9 Å². The van der Waals surface area contributed by atoms with Gasteiger partial charge in [0.2, 0.25) is 0 Å². The number of rotatable bonds is 38. The molecule has 0 heterocycles. The van der Waals surface area contributed by atoms with Crippen LogP contribution in [-0.2, 0) is 28.6 Å². The molecule has 312 valence electrons. The van der Waals surface area contributed by atoms with Crippen molar-refractivity contribution in [1.82, 2.24) is 0 Å². The van der Waals surface area contributed by atoms with E-state index in [9.17, 15) is 14.4 Å². The molecule has 0 N–H and O–H groups in total. The van der Waals surface area contributed by atoms with Crippen LogP contribution in [0.25, 0.3) is 0 Å². The minimum Gasteiger partial charge on any atom is -0.462 e. The average Bonchev–Trinajstić information content (AvgIpc) is 3.18. The second-order valence-corrected chi connectivity index (χ2v) is 14.2. The first kappa shape index (κ1) is 51.6. The Balaban J connectivity index is 4.35. The van der Waals surface area contributed by atoms with Crippen molar-refractivity contribution in [3.8, 4) is 0 Å². The van der Waals surface area contributed by atoms with Crippen LogP contribution in [-0.4, -0.2) is 37.2 Å². The third-order valence-corrected chi connectivity index (χ3v) is 8.90. The monoisotopic (exact) mass is 765 g/mol. The molecule has 0 rings (SSSR count). The summed E-state index contributed by atoms with van der Waals surface area (Å²) in [7, 11) is 0. The molecule has 0 aliphatic carbocycles. The largest absolute Gasteiger partial charge is 0.462 e. The standard InChI is InChI=1S/C49H80O6/c1-4-7-10-13-16-19-20-21-22-23-24-25-26-27-28-31-33-36-39-42-48(51)54-45-46(55-49(52)43-40-37-34-30-18-15-12-9-6-3)44-53-47(50)41-38-35-32-29-17-14-11-8-5-2/h7,9-10,12,16,18-19,21-22,29-30,32,37,40,46H,4-6,8,11,13-15,17,20,23-28,31,33-36,38-39,41-45H2,1-3H3/b10-7-,12-9-,19-16-,22-21-,30-18-,32-29-,40-37-. The number of ether oxygens (including phenoxy) is 3. The molecule has 0 aliphatic heterocycles. The zero-order valence-corrected chi connectivity index (χ0v) is 35.4. The van der Waals surface area contributed by atoms with Crippen molar-refractivity contribution < 1.29 is 28.6 Å². The molecule has 0 saturated carbocycles. The van der Waals surface area contributed by atoms with Gasteiger partial charge >= 0.3 is 17.9 Å². The van der Waals surface area contributed by atoms with Crippen LogP contribution in [0.4, 0.5) is 0 Å². The van der Waals surface area contributed by atoms with E-state index < -0.39 is 12.1 Å². The molecule has 0 fully saturated rings. The fourth-order valence-electron chi connectivity index (χ4n) is 5.64. The second kappa shape index (κ2) is 43.3. The zero-order valence-electron chi connectivity index (χ0n) is 35.4. The summed E-state index contributed by atoms with van der Waals surface area (Å²) in [5.41, 5.74) is 0. The summed E-state index contributed by atoms with van der Waals surface area (Å²) in [6.07, 6.45) is 54.7. The fraction of sp³-hybridized carbons (Fsp3) is 0.653. The maximum atomic E-state index is 12.6. The lowest BCUT2D eigenvalue weighted by Crippen LogP contribution is -2.30. The van der Waals surface area contributed by atoms with E-state index in [1.165, 1.54) is 70.6 Å². The van der Waals surface area contributed by atoms with Crippen LogP contribution < -0.4 is 0 Å². The van der Waals surface area contributed by atoms with Crippen LogP contribution in [0.2, 0.25) is 0 Å². The molecule has 1 atom stereocenters. The molecule has 0 aromatic rings. The summed E-state index contributed by atoms with van der Waals surface area (Å²) < 4.78 is 16.5. The lowest BCUT2D eigenvalue weighted by molar-refractivity contribution is -0.166. The van der Waals surface area contributed by atoms with Gasteiger partial charge in [-0.25, -0.2) is 0 Å². The maximum absolute atomic E-state index is 12.6. The Morgan fingerprint density at radius 3 is 1.29 bits per heavy atom. The molecule has 0 saturated heterocycles. The van der Waals surface area contributed by atoms with Gasteiger partial charge in [-0.3, -0.25) is 14.4 Å². The van der Waals surface area contributed by atoms with Gasteiger partial charge in [0, 0.05) is 12.8 Å². The van der Waals surface area contributed by atoms with Crippen LogP contribution >= 0.6 is 0 Å². The van der Waals surface area contributed by atoms with Crippen LogP contribution in [0.1, 0.15) is 188 Å². The van der Waals surface area contributed by atoms with E-state index in [0.29, 0.717) is 19.3 Å². The van der Waals surface area contributed by atoms with Crippen LogP contribution in [0.15, 0.2) is 85.1 Å². The SMILES string of the molecule is CC/C=C\C/C=C\C/C=C\CCCCCCCCCCCC(=O)OCC(COC(=O)CCC/C=C\CCCCCC)OC(=O)C/C=C\C/C=C\C/C=C\CC. The minimum absolute atomic E-state index is 0.0971. The van der Waals surface area contributed by atoms with E-state index in [-0.39, 0.29) is 31.6 Å². The molecule has 1 unspecified atom stereocenters. The molecule has 0 radical (unpaired) electrons. The highest BCUT2D eigenvalue weighted by Gasteiger charge is 2.19. The predicted molar refractivity (Wildman–Crippen MR) is 233 cm³/mol. The first-order valence-corrected chi connectivity index (χ1v) is 22.1. The Hall–Kier alpha value is -3.41. The van der Waals surface area contributed by atoms with Gasteiger partial charge in [0.1, 0.15) is 13.2 Å². The Bertz CT molecular complexity index is 1110. The zero-order chi connectivity index (χ0) is 40.1. The molecule has 0 aromatic heterocycles. The van der Waals surface area contributed by atoms with Gasteiger partial charge in [-0.05, 0) is 83.5 Å². The molecule has 0 spiro atoms. The Morgan fingerprint density at radius 1 is 0.400 bits per heavy atom. The number of esters is 3. The third kappa shape index (κ3) is 41.6.